The fourth-order valence-corrected chi connectivity index (χ4v) is 3.72. The first-order valence-electron chi connectivity index (χ1n) is 7.34. The molecule has 7 heteroatoms. The van der Waals surface area contributed by atoms with Gasteiger partial charge < -0.3 is 4.90 Å². The van der Waals surface area contributed by atoms with E-state index >= 15 is 0 Å². The molecular formula is C16H15N5OS. The van der Waals surface area contributed by atoms with Crippen LogP contribution < -0.4 is 0 Å². The molecule has 1 aliphatic rings. The van der Waals surface area contributed by atoms with Crippen LogP contribution in [-0.4, -0.2) is 31.0 Å². The number of aryl methyl sites for hydroxylation is 1. The van der Waals surface area contributed by atoms with Crippen molar-refractivity contribution in [2.24, 2.45) is 0 Å². The van der Waals surface area contributed by atoms with Gasteiger partial charge in [-0.2, -0.15) is 11.3 Å². The van der Waals surface area contributed by atoms with E-state index in [2.05, 4.69) is 52.1 Å². The maximum Gasteiger partial charge on any atom is 0.251 e. The van der Waals surface area contributed by atoms with Gasteiger partial charge in [-0.3, -0.25) is 4.79 Å². The van der Waals surface area contributed by atoms with Crippen molar-refractivity contribution in [1.82, 2.24) is 25.1 Å². The first-order chi connectivity index (χ1) is 11.2. The van der Waals surface area contributed by atoms with Crippen molar-refractivity contribution in [2.75, 3.05) is 0 Å². The predicted molar refractivity (Wildman–Crippen MR) is 85.6 cm³/mol. The molecule has 1 saturated heterocycles. The molecule has 1 aliphatic heterocycles. The van der Waals surface area contributed by atoms with Gasteiger partial charge in [-0.05, 0) is 45.3 Å². The van der Waals surface area contributed by atoms with Gasteiger partial charge in [0.1, 0.15) is 6.33 Å². The predicted octanol–water partition coefficient (Wildman–Crippen LogP) is 2.37. The van der Waals surface area contributed by atoms with E-state index in [-0.39, 0.29) is 18.0 Å². The zero-order valence-electron chi connectivity index (χ0n) is 12.5. The van der Waals surface area contributed by atoms with Gasteiger partial charge in [0.15, 0.2) is 6.04 Å². The molecule has 4 rings (SSSR count). The standard InChI is InChI=1S/C16H15N5OS/c1-11-3-2-4-13(7-11)14-15(21-10-17-18-19-21)16(22)20(14)8-12-5-6-23-9-12/h2-7,9-10,14-15H,8H2,1H3/t14-,15+/m0/s1. The minimum Gasteiger partial charge on any atom is -0.327 e. The van der Waals surface area contributed by atoms with Crippen LogP contribution in [0.5, 0.6) is 0 Å². The average Bonchev–Trinajstić information content (AvgIpc) is 3.23. The van der Waals surface area contributed by atoms with Gasteiger partial charge >= 0.3 is 0 Å². The van der Waals surface area contributed by atoms with Gasteiger partial charge in [0.25, 0.3) is 5.91 Å². The lowest BCUT2D eigenvalue weighted by molar-refractivity contribution is -0.157. The fraction of sp³-hybridized carbons (Fsp3) is 0.250. The number of likely N-dealkylation sites (tertiary alicyclic amines) is 1. The Morgan fingerprint density at radius 3 is 2.87 bits per heavy atom. The van der Waals surface area contributed by atoms with E-state index in [1.54, 1.807) is 16.0 Å². The van der Waals surface area contributed by atoms with Crippen molar-refractivity contribution in [3.05, 3.63) is 64.1 Å². The normalized spacial score (nSPS) is 20.6. The van der Waals surface area contributed by atoms with Gasteiger partial charge in [0.05, 0.1) is 6.04 Å². The Balaban J connectivity index is 1.70. The number of amides is 1. The molecule has 0 bridgehead atoms. The summed E-state index contributed by atoms with van der Waals surface area (Å²) >= 11 is 1.64. The van der Waals surface area contributed by atoms with E-state index in [0.717, 1.165) is 11.1 Å². The summed E-state index contributed by atoms with van der Waals surface area (Å²) in [5.74, 6) is 0.0509. The molecule has 0 aliphatic carbocycles. The molecule has 3 heterocycles. The molecular weight excluding hydrogens is 310 g/mol. The number of nitrogens with zero attached hydrogens (tertiary/aromatic N) is 5. The molecule has 2 aromatic heterocycles. The summed E-state index contributed by atoms with van der Waals surface area (Å²) in [7, 11) is 0. The third-order valence-electron chi connectivity index (χ3n) is 4.14. The molecule has 6 nitrogen and oxygen atoms in total. The zero-order valence-corrected chi connectivity index (χ0v) is 13.3. The monoisotopic (exact) mass is 325 g/mol. The molecule has 116 valence electrons. The molecule has 1 aromatic carbocycles. The molecule has 0 unspecified atom stereocenters. The fourth-order valence-electron chi connectivity index (χ4n) is 3.06. The first-order valence-corrected chi connectivity index (χ1v) is 8.29. The molecule has 3 aromatic rings. The minimum atomic E-state index is -0.370. The molecule has 1 fully saturated rings. The van der Waals surface area contributed by atoms with E-state index < -0.39 is 0 Å². The number of hydrogen-bond donors (Lipinski definition) is 0. The second-order valence-electron chi connectivity index (χ2n) is 5.69. The number of hydrogen-bond acceptors (Lipinski definition) is 5. The van der Waals surface area contributed by atoms with Crippen LogP contribution in [0.25, 0.3) is 0 Å². The Morgan fingerprint density at radius 1 is 1.26 bits per heavy atom. The Morgan fingerprint density at radius 2 is 2.17 bits per heavy atom. The van der Waals surface area contributed by atoms with Gasteiger partial charge in [0.2, 0.25) is 0 Å². The highest BCUT2D eigenvalue weighted by Crippen LogP contribution is 2.44. The van der Waals surface area contributed by atoms with Crippen LogP contribution >= 0.6 is 11.3 Å². The van der Waals surface area contributed by atoms with E-state index in [1.165, 1.54) is 11.9 Å². The molecule has 0 N–H and O–H groups in total. The summed E-state index contributed by atoms with van der Waals surface area (Å²) in [5, 5.41) is 15.4. The van der Waals surface area contributed by atoms with Gasteiger partial charge in [0, 0.05) is 6.54 Å². The topological polar surface area (TPSA) is 63.9 Å². The number of carbonyl (C=O) groups is 1. The van der Waals surface area contributed by atoms with Crippen molar-refractivity contribution in [3.63, 3.8) is 0 Å². The zero-order chi connectivity index (χ0) is 15.8. The van der Waals surface area contributed by atoms with Crippen molar-refractivity contribution in [3.8, 4) is 0 Å². The minimum absolute atomic E-state index is 0.0502. The van der Waals surface area contributed by atoms with E-state index in [4.69, 9.17) is 0 Å². The molecule has 23 heavy (non-hydrogen) atoms. The van der Waals surface area contributed by atoms with Crippen LogP contribution in [0, 0.1) is 6.92 Å². The van der Waals surface area contributed by atoms with Crippen LogP contribution in [0.15, 0.2) is 47.4 Å². The smallest absolute Gasteiger partial charge is 0.251 e. The maximum absolute atomic E-state index is 12.7. The number of benzene rings is 1. The highest BCUT2D eigenvalue weighted by Gasteiger charge is 2.50. The average molecular weight is 325 g/mol. The first kappa shape index (κ1) is 14.1. The third kappa shape index (κ3) is 2.43. The number of rotatable bonds is 4. The highest BCUT2D eigenvalue weighted by atomic mass is 32.1. The lowest BCUT2D eigenvalue weighted by atomic mass is 9.87. The van der Waals surface area contributed by atoms with Crippen LogP contribution in [-0.2, 0) is 11.3 Å². The number of aromatic nitrogens is 4. The summed E-state index contributed by atoms with van der Waals surface area (Å²) in [6.45, 7) is 2.67. The summed E-state index contributed by atoms with van der Waals surface area (Å²) < 4.78 is 1.56. The Kier molecular flexibility index (Phi) is 3.42. The Labute approximate surface area is 137 Å². The molecule has 0 spiro atoms. The lowest BCUT2D eigenvalue weighted by Gasteiger charge is -2.46. The quantitative estimate of drug-likeness (QED) is 0.691. The molecule has 0 saturated carbocycles. The molecule has 2 atom stereocenters. The maximum atomic E-state index is 12.7. The van der Waals surface area contributed by atoms with E-state index in [9.17, 15) is 4.79 Å². The second-order valence-corrected chi connectivity index (χ2v) is 6.47. The van der Waals surface area contributed by atoms with E-state index in [1.807, 2.05) is 16.3 Å². The number of β-lactam (4-membered cyclic amide) rings is 1. The number of thiophene rings is 1. The van der Waals surface area contributed by atoms with Crippen molar-refractivity contribution in [2.45, 2.75) is 25.6 Å². The van der Waals surface area contributed by atoms with Crippen LogP contribution in [0.1, 0.15) is 28.8 Å². The highest BCUT2D eigenvalue weighted by molar-refractivity contribution is 7.07. The number of tetrazole rings is 1. The molecule has 0 radical (unpaired) electrons. The van der Waals surface area contributed by atoms with Crippen LogP contribution in [0.2, 0.25) is 0 Å². The Hall–Kier alpha value is -2.54. The van der Waals surface area contributed by atoms with Crippen molar-refractivity contribution < 1.29 is 4.79 Å². The summed E-state index contributed by atoms with van der Waals surface area (Å²) in [4.78, 5) is 14.6. The SMILES string of the molecule is Cc1cccc([C@H]2[C@@H](n3cnnn3)C(=O)N2Cc2ccsc2)c1. The van der Waals surface area contributed by atoms with Gasteiger partial charge in [-0.15, -0.1) is 5.10 Å². The third-order valence-corrected chi connectivity index (χ3v) is 4.87. The van der Waals surface area contributed by atoms with Gasteiger partial charge in [-0.25, -0.2) is 4.68 Å². The lowest BCUT2D eigenvalue weighted by Crippen LogP contribution is -2.55. The number of carbonyl (C=O) groups excluding carboxylic acids is 1. The largest absolute Gasteiger partial charge is 0.327 e. The summed E-state index contributed by atoms with van der Waals surface area (Å²) in [6.07, 6.45) is 1.51. The van der Waals surface area contributed by atoms with Gasteiger partial charge in [-0.1, -0.05) is 29.8 Å². The second kappa shape index (κ2) is 5.58. The van der Waals surface area contributed by atoms with Crippen LogP contribution in [0.4, 0.5) is 0 Å². The molecule has 1 amide bonds. The van der Waals surface area contributed by atoms with Crippen molar-refractivity contribution >= 4 is 17.2 Å². The Bertz CT molecular complexity index is 815. The summed E-state index contributed by atoms with van der Waals surface area (Å²) in [5.41, 5.74) is 3.43. The van der Waals surface area contributed by atoms with Crippen LogP contribution in [0.3, 0.4) is 0 Å². The summed E-state index contributed by atoms with van der Waals surface area (Å²) in [6, 6.07) is 9.88. The van der Waals surface area contributed by atoms with Crippen molar-refractivity contribution in [1.29, 1.82) is 0 Å². The van der Waals surface area contributed by atoms with E-state index in [0.29, 0.717) is 6.54 Å².